The van der Waals surface area contributed by atoms with Gasteiger partial charge in [-0.25, -0.2) is 0 Å². The van der Waals surface area contributed by atoms with Gasteiger partial charge in [-0.15, -0.1) is 0 Å². The van der Waals surface area contributed by atoms with Crippen LogP contribution in [0.3, 0.4) is 0 Å². The van der Waals surface area contributed by atoms with Gasteiger partial charge in [0.2, 0.25) is 0 Å². The molecule has 1 aliphatic rings. The summed E-state index contributed by atoms with van der Waals surface area (Å²) in [6.45, 7) is 6.07. The highest BCUT2D eigenvalue weighted by Crippen LogP contribution is 2.16. The summed E-state index contributed by atoms with van der Waals surface area (Å²) in [7, 11) is 0. The van der Waals surface area contributed by atoms with Gasteiger partial charge in [-0.2, -0.15) is 0 Å². The molecule has 2 atom stereocenters. The number of rotatable bonds is 6. The Hall–Kier alpha value is -0.160. The Morgan fingerprint density at radius 1 is 1.47 bits per heavy atom. The van der Waals surface area contributed by atoms with E-state index in [1.807, 2.05) is 13.8 Å². The number of hydrogen-bond donors (Lipinski definition) is 2. The molecule has 1 fully saturated rings. The third-order valence-corrected chi connectivity index (χ3v) is 2.78. The zero-order valence-electron chi connectivity index (χ0n) is 9.72. The van der Waals surface area contributed by atoms with E-state index in [9.17, 15) is 5.11 Å². The van der Waals surface area contributed by atoms with Gasteiger partial charge in [0.1, 0.15) is 0 Å². The lowest BCUT2D eigenvalue weighted by Crippen LogP contribution is -2.40. The number of ether oxygens (including phenoxy) is 1. The zero-order chi connectivity index (χ0) is 11.3. The lowest BCUT2D eigenvalue weighted by atomic mass is 10.2. The number of β-amino-alcohol motifs (C(OH)–C–C–N with tert-alkyl or cyclic N) is 1. The van der Waals surface area contributed by atoms with Crippen molar-refractivity contribution in [2.45, 2.75) is 44.9 Å². The summed E-state index contributed by atoms with van der Waals surface area (Å²) in [6.07, 6.45) is 1.86. The van der Waals surface area contributed by atoms with Gasteiger partial charge in [-0.1, -0.05) is 0 Å². The highest BCUT2D eigenvalue weighted by atomic mass is 16.5. The highest BCUT2D eigenvalue weighted by molar-refractivity contribution is 4.80. The summed E-state index contributed by atoms with van der Waals surface area (Å²) < 4.78 is 5.34. The Morgan fingerprint density at radius 2 is 2.20 bits per heavy atom. The summed E-state index contributed by atoms with van der Waals surface area (Å²) in [4.78, 5) is 2.15. The van der Waals surface area contributed by atoms with E-state index in [-0.39, 0.29) is 18.8 Å². The molecule has 1 aliphatic heterocycles. The number of nitrogens with zero attached hydrogens (tertiary/aromatic N) is 1. The standard InChI is InChI=1S/C11H23NO3/c1-9(2)15-8-11(14)6-12-5-3-4-10(12)7-13/h9-11,13-14H,3-8H2,1-2H3/t10-,11?/m1/s1. The first kappa shape index (κ1) is 12.9. The van der Waals surface area contributed by atoms with Crippen LogP contribution >= 0.6 is 0 Å². The van der Waals surface area contributed by atoms with Crippen molar-refractivity contribution in [3.05, 3.63) is 0 Å². The molecule has 2 N–H and O–H groups in total. The van der Waals surface area contributed by atoms with Gasteiger partial charge < -0.3 is 14.9 Å². The molecule has 1 unspecified atom stereocenters. The van der Waals surface area contributed by atoms with Crippen LogP contribution in [0.1, 0.15) is 26.7 Å². The molecule has 0 aliphatic carbocycles. The first-order chi connectivity index (χ1) is 7.13. The molecular weight excluding hydrogens is 194 g/mol. The molecule has 0 radical (unpaired) electrons. The Morgan fingerprint density at radius 3 is 2.80 bits per heavy atom. The topological polar surface area (TPSA) is 52.9 Å². The minimum Gasteiger partial charge on any atom is -0.395 e. The smallest absolute Gasteiger partial charge is 0.0900 e. The van der Waals surface area contributed by atoms with Crippen molar-refractivity contribution < 1.29 is 14.9 Å². The van der Waals surface area contributed by atoms with E-state index in [1.54, 1.807) is 0 Å². The molecule has 1 heterocycles. The minimum atomic E-state index is -0.445. The molecule has 0 aromatic heterocycles. The van der Waals surface area contributed by atoms with Crippen molar-refractivity contribution in [3.8, 4) is 0 Å². The number of aliphatic hydroxyl groups excluding tert-OH is 2. The van der Waals surface area contributed by atoms with Crippen LogP contribution in [0, 0.1) is 0 Å². The fraction of sp³-hybridized carbons (Fsp3) is 1.00. The van der Waals surface area contributed by atoms with Gasteiger partial charge in [0, 0.05) is 12.6 Å². The van der Waals surface area contributed by atoms with E-state index in [2.05, 4.69) is 4.90 Å². The lowest BCUT2D eigenvalue weighted by molar-refractivity contribution is -0.0127. The molecule has 0 amide bonds. The van der Waals surface area contributed by atoms with E-state index in [0.29, 0.717) is 13.2 Å². The van der Waals surface area contributed by atoms with Crippen molar-refractivity contribution in [3.63, 3.8) is 0 Å². The van der Waals surface area contributed by atoms with Gasteiger partial charge in [0.15, 0.2) is 0 Å². The average molecular weight is 217 g/mol. The molecule has 0 aromatic rings. The molecule has 0 saturated carbocycles. The molecule has 0 bridgehead atoms. The third-order valence-electron chi connectivity index (χ3n) is 2.78. The minimum absolute atomic E-state index is 0.159. The quantitative estimate of drug-likeness (QED) is 0.669. The first-order valence-corrected chi connectivity index (χ1v) is 5.78. The number of likely N-dealkylation sites (tertiary alicyclic amines) is 1. The molecule has 0 spiro atoms. The Kier molecular flexibility index (Phi) is 5.53. The molecule has 0 aromatic carbocycles. The maximum Gasteiger partial charge on any atom is 0.0900 e. The second kappa shape index (κ2) is 6.43. The predicted octanol–water partition coefficient (Wildman–Crippen LogP) is 0.229. The SMILES string of the molecule is CC(C)OCC(O)CN1CCC[C@@H]1CO. The van der Waals surface area contributed by atoms with Gasteiger partial charge in [0.25, 0.3) is 0 Å². The van der Waals surface area contributed by atoms with Crippen LogP contribution in [0.15, 0.2) is 0 Å². The van der Waals surface area contributed by atoms with Crippen LogP contribution in [-0.4, -0.2) is 59.7 Å². The van der Waals surface area contributed by atoms with Crippen molar-refractivity contribution in [1.82, 2.24) is 4.90 Å². The van der Waals surface area contributed by atoms with Gasteiger partial charge in [0.05, 0.1) is 25.4 Å². The Bertz CT molecular complexity index is 175. The summed E-state index contributed by atoms with van der Waals surface area (Å²) in [5.41, 5.74) is 0. The Labute approximate surface area is 91.8 Å². The maximum atomic E-state index is 9.72. The summed E-state index contributed by atoms with van der Waals surface area (Å²) in [5, 5.41) is 18.8. The van der Waals surface area contributed by atoms with E-state index in [0.717, 1.165) is 19.4 Å². The third kappa shape index (κ3) is 4.47. The molecule has 90 valence electrons. The van der Waals surface area contributed by atoms with E-state index >= 15 is 0 Å². The normalized spacial score (nSPS) is 25.0. The van der Waals surface area contributed by atoms with Crippen LogP contribution in [0.25, 0.3) is 0 Å². The van der Waals surface area contributed by atoms with E-state index in [4.69, 9.17) is 9.84 Å². The molecule has 4 heteroatoms. The van der Waals surface area contributed by atoms with Crippen molar-refractivity contribution in [1.29, 1.82) is 0 Å². The molecule has 1 saturated heterocycles. The first-order valence-electron chi connectivity index (χ1n) is 5.78. The summed E-state index contributed by atoms with van der Waals surface area (Å²) in [6, 6.07) is 0.235. The average Bonchev–Trinajstić information content (AvgIpc) is 2.62. The van der Waals surface area contributed by atoms with Crippen molar-refractivity contribution in [2.24, 2.45) is 0 Å². The van der Waals surface area contributed by atoms with Crippen LogP contribution < -0.4 is 0 Å². The monoisotopic (exact) mass is 217 g/mol. The Balaban J connectivity index is 2.21. The highest BCUT2D eigenvalue weighted by Gasteiger charge is 2.25. The largest absolute Gasteiger partial charge is 0.395 e. The molecular formula is C11H23NO3. The molecule has 15 heavy (non-hydrogen) atoms. The number of aliphatic hydroxyl groups is 2. The second-order valence-corrected chi connectivity index (χ2v) is 4.51. The second-order valence-electron chi connectivity index (χ2n) is 4.51. The van der Waals surface area contributed by atoms with E-state index < -0.39 is 6.10 Å². The zero-order valence-corrected chi connectivity index (χ0v) is 9.72. The van der Waals surface area contributed by atoms with Crippen LogP contribution in [-0.2, 0) is 4.74 Å². The summed E-state index contributed by atoms with van der Waals surface area (Å²) >= 11 is 0. The fourth-order valence-electron chi connectivity index (χ4n) is 1.97. The van der Waals surface area contributed by atoms with Gasteiger partial charge in [-0.05, 0) is 33.2 Å². The van der Waals surface area contributed by atoms with E-state index in [1.165, 1.54) is 0 Å². The number of hydrogen-bond acceptors (Lipinski definition) is 4. The van der Waals surface area contributed by atoms with Crippen LogP contribution in [0.2, 0.25) is 0 Å². The van der Waals surface area contributed by atoms with Crippen LogP contribution in [0.5, 0.6) is 0 Å². The van der Waals surface area contributed by atoms with Crippen molar-refractivity contribution in [2.75, 3.05) is 26.3 Å². The van der Waals surface area contributed by atoms with Crippen molar-refractivity contribution >= 4 is 0 Å². The molecule has 4 nitrogen and oxygen atoms in total. The van der Waals surface area contributed by atoms with Gasteiger partial charge in [-0.3, -0.25) is 4.90 Å². The lowest BCUT2D eigenvalue weighted by Gasteiger charge is -2.25. The molecule has 1 rings (SSSR count). The fourth-order valence-corrected chi connectivity index (χ4v) is 1.97. The predicted molar refractivity (Wildman–Crippen MR) is 58.8 cm³/mol. The summed E-state index contributed by atoms with van der Waals surface area (Å²) in [5.74, 6) is 0. The maximum absolute atomic E-state index is 9.72. The van der Waals surface area contributed by atoms with Gasteiger partial charge >= 0.3 is 0 Å². The van der Waals surface area contributed by atoms with Crippen LogP contribution in [0.4, 0.5) is 0 Å².